The van der Waals surface area contributed by atoms with Crippen molar-refractivity contribution >= 4 is 5.91 Å². The minimum absolute atomic E-state index is 0.00935. The summed E-state index contributed by atoms with van der Waals surface area (Å²) in [7, 11) is 0. The quantitative estimate of drug-likeness (QED) is 0.840. The molecule has 3 aliphatic rings. The van der Waals surface area contributed by atoms with Gasteiger partial charge in [0.15, 0.2) is 11.5 Å². The van der Waals surface area contributed by atoms with Gasteiger partial charge in [0, 0.05) is 50.8 Å². The number of ether oxygens (including phenoxy) is 3. The van der Waals surface area contributed by atoms with Crippen LogP contribution in [0.25, 0.3) is 0 Å². The third kappa shape index (κ3) is 3.65. The fraction of sp³-hybridized carbons (Fsp3) is 0.632. The number of fused-ring (bicyclic) bond motifs is 1. The van der Waals surface area contributed by atoms with Gasteiger partial charge in [0.05, 0.1) is 13.2 Å². The normalized spacial score (nSPS) is 26.1. The van der Waals surface area contributed by atoms with Crippen LogP contribution < -0.4 is 9.47 Å². The Balaban J connectivity index is 1.43. The minimum Gasteiger partial charge on any atom is -0.486 e. The van der Waals surface area contributed by atoms with Gasteiger partial charge in [0.25, 0.3) is 5.91 Å². The average Bonchev–Trinajstić information content (AvgIpc) is 3.10. The summed E-state index contributed by atoms with van der Waals surface area (Å²) in [4.78, 5) is 17.2. The van der Waals surface area contributed by atoms with Crippen molar-refractivity contribution < 1.29 is 24.1 Å². The Morgan fingerprint density at radius 2 is 1.77 bits per heavy atom. The molecular formula is C19H26N2O5. The molecular weight excluding hydrogens is 336 g/mol. The van der Waals surface area contributed by atoms with Gasteiger partial charge < -0.3 is 24.2 Å². The molecule has 0 radical (unpaired) electrons. The van der Waals surface area contributed by atoms with Crippen LogP contribution >= 0.6 is 0 Å². The maximum Gasteiger partial charge on any atom is 0.254 e. The van der Waals surface area contributed by atoms with Crippen LogP contribution in [0.2, 0.25) is 0 Å². The maximum atomic E-state index is 12.9. The molecule has 142 valence electrons. The summed E-state index contributed by atoms with van der Waals surface area (Å²) in [6, 6.07) is 5.35. The highest BCUT2D eigenvalue weighted by Gasteiger charge is 2.36. The first kappa shape index (κ1) is 17.6. The molecule has 0 spiro atoms. The summed E-state index contributed by atoms with van der Waals surface area (Å²) < 4.78 is 16.5. The highest BCUT2D eigenvalue weighted by molar-refractivity contribution is 5.95. The Kier molecular flexibility index (Phi) is 5.28. The molecule has 7 heteroatoms. The first-order valence-corrected chi connectivity index (χ1v) is 9.34. The van der Waals surface area contributed by atoms with Crippen molar-refractivity contribution in [3.63, 3.8) is 0 Å². The van der Waals surface area contributed by atoms with Crippen LogP contribution in [0.3, 0.4) is 0 Å². The maximum absolute atomic E-state index is 12.9. The summed E-state index contributed by atoms with van der Waals surface area (Å²) in [5.74, 6) is 1.72. The smallest absolute Gasteiger partial charge is 0.254 e. The molecule has 7 nitrogen and oxygen atoms in total. The van der Waals surface area contributed by atoms with E-state index in [2.05, 4.69) is 4.90 Å². The van der Waals surface area contributed by atoms with Gasteiger partial charge >= 0.3 is 0 Å². The lowest BCUT2D eigenvalue weighted by atomic mass is 9.96. The molecule has 3 aliphatic heterocycles. The summed E-state index contributed by atoms with van der Waals surface area (Å²) in [6.45, 7) is 6.69. The highest BCUT2D eigenvalue weighted by Crippen LogP contribution is 2.32. The predicted octanol–water partition coefficient (Wildman–Crippen LogP) is 0.471. The van der Waals surface area contributed by atoms with Gasteiger partial charge in [-0.3, -0.25) is 9.69 Å². The Morgan fingerprint density at radius 1 is 1.04 bits per heavy atom. The lowest BCUT2D eigenvalue weighted by Crippen LogP contribution is -2.41. The van der Waals surface area contributed by atoms with Gasteiger partial charge in [-0.05, 0) is 24.1 Å². The van der Waals surface area contributed by atoms with E-state index in [4.69, 9.17) is 14.2 Å². The molecule has 0 bridgehead atoms. The first-order chi connectivity index (χ1) is 12.7. The minimum atomic E-state index is -0.00935. The van der Waals surface area contributed by atoms with E-state index in [1.807, 2.05) is 4.90 Å². The molecule has 1 aromatic rings. The number of benzene rings is 1. The van der Waals surface area contributed by atoms with Crippen LogP contribution in [0.15, 0.2) is 18.2 Å². The Hall–Kier alpha value is -1.83. The molecule has 1 aromatic carbocycles. The van der Waals surface area contributed by atoms with E-state index < -0.39 is 0 Å². The average molecular weight is 362 g/mol. The first-order valence-electron chi connectivity index (χ1n) is 9.34. The number of morpholine rings is 1. The molecule has 1 amide bonds. The molecule has 1 N–H and O–H groups in total. The number of rotatable bonds is 4. The molecule has 4 rings (SSSR count). The summed E-state index contributed by atoms with van der Waals surface area (Å²) in [6.07, 6.45) is 0. The Morgan fingerprint density at radius 3 is 2.54 bits per heavy atom. The molecule has 2 saturated heterocycles. The fourth-order valence-corrected chi connectivity index (χ4v) is 3.99. The number of carbonyl (C=O) groups excluding carboxylic acids is 1. The second kappa shape index (κ2) is 7.82. The van der Waals surface area contributed by atoms with Crippen LogP contribution in [-0.4, -0.2) is 86.6 Å². The van der Waals surface area contributed by atoms with E-state index in [1.54, 1.807) is 18.2 Å². The number of hydrogen-bond acceptors (Lipinski definition) is 6. The standard InChI is InChI=1S/C19H26N2O5/c22-13-16-12-21(11-15(16)10-20-3-5-24-6-4-20)19(23)14-1-2-17-18(9-14)26-8-7-25-17/h1-2,9,15-16,22H,3-8,10-13H2/t15-,16-/m0/s1. The van der Waals surface area contributed by atoms with Gasteiger partial charge in [-0.1, -0.05) is 0 Å². The van der Waals surface area contributed by atoms with Crippen molar-refractivity contribution in [2.24, 2.45) is 11.8 Å². The van der Waals surface area contributed by atoms with Crippen molar-refractivity contribution in [3.05, 3.63) is 23.8 Å². The van der Waals surface area contributed by atoms with Crippen LogP contribution in [0.4, 0.5) is 0 Å². The lowest BCUT2D eigenvalue weighted by Gasteiger charge is -2.30. The number of nitrogens with zero attached hydrogens (tertiary/aromatic N) is 2. The monoisotopic (exact) mass is 362 g/mol. The van der Waals surface area contributed by atoms with E-state index in [0.717, 1.165) is 32.8 Å². The van der Waals surface area contributed by atoms with Crippen LogP contribution in [0.1, 0.15) is 10.4 Å². The van der Waals surface area contributed by atoms with E-state index in [-0.39, 0.29) is 18.4 Å². The molecule has 2 atom stereocenters. The van der Waals surface area contributed by atoms with Crippen LogP contribution in [-0.2, 0) is 4.74 Å². The zero-order valence-corrected chi connectivity index (χ0v) is 14.9. The van der Waals surface area contributed by atoms with Gasteiger partial charge in [-0.2, -0.15) is 0 Å². The second-order valence-electron chi connectivity index (χ2n) is 7.18. The number of carbonyl (C=O) groups is 1. The van der Waals surface area contributed by atoms with E-state index >= 15 is 0 Å². The van der Waals surface area contributed by atoms with Crippen molar-refractivity contribution in [3.8, 4) is 11.5 Å². The lowest BCUT2D eigenvalue weighted by molar-refractivity contribution is 0.0264. The van der Waals surface area contributed by atoms with E-state index in [0.29, 0.717) is 49.3 Å². The SMILES string of the molecule is O=C(c1ccc2c(c1)OCCO2)N1C[C@@H](CO)[C@@H](CN2CCOCC2)C1. The largest absolute Gasteiger partial charge is 0.486 e. The number of hydrogen-bond donors (Lipinski definition) is 1. The number of aliphatic hydroxyl groups is 1. The summed E-state index contributed by atoms with van der Waals surface area (Å²) >= 11 is 0. The van der Waals surface area contributed by atoms with Crippen molar-refractivity contribution in [2.45, 2.75) is 0 Å². The van der Waals surface area contributed by atoms with Gasteiger partial charge in [0.1, 0.15) is 13.2 Å². The van der Waals surface area contributed by atoms with Crippen molar-refractivity contribution in [1.29, 1.82) is 0 Å². The van der Waals surface area contributed by atoms with E-state index in [1.165, 1.54) is 0 Å². The molecule has 0 aromatic heterocycles. The van der Waals surface area contributed by atoms with Gasteiger partial charge in [-0.25, -0.2) is 0 Å². The zero-order valence-electron chi connectivity index (χ0n) is 14.9. The molecule has 3 heterocycles. The molecule has 0 unspecified atom stereocenters. The highest BCUT2D eigenvalue weighted by atomic mass is 16.6. The zero-order chi connectivity index (χ0) is 17.9. The van der Waals surface area contributed by atoms with Crippen LogP contribution in [0, 0.1) is 11.8 Å². The Labute approximate surface area is 153 Å². The number of aliphatic hydroxyl groups excluding tert-OH is 1. The third-order valence-corrected chi connectivity index (χ3v) is 5.48. The molecule has 0 aliphatic carbocycles. The summed E-state index contributed by atoms with van der Waals surface area (Å²) in [5.41, 5.74) is 0.609. The molecule has 26 heavy (non-hydrogen) atoms. The number of amides is 1. The van der Waals surface area contributed by atoms with E-state index in [9.17, 15) is 9.90 Å². The van der Waals surface area contributed by atoms with Gasteiger partial charge in [0.2, 0.25) is 0 Å². The predicted molar refractivity (Wildman–Crippen MR) is 94.7 cm³/mol. The number of likely N-dealkylation sites (tertiary alicyclic amines) is 1. The van der Waals surface area contributed by atoms with Gasteiger partial charge in [-0.15, -0.1) is 0 Å². The fourth-order valence-electron chi connectivity index (χ4n) is 3.99. The topological polar surface area (TPSA) is 71.5 Å². The summed E-state index contributed by atoms with van der Waals surface area (Å²) in [5, 5.41) is 9.78. The van der Waals surface area contributed by atoms with Crippen molar-refractivity contribution in [1.82, 2.24) is 9.80 Å². The van der Waals surface area contributed by atoms with Crippen LogP contribution in [0.5, 0.6) is 11.5 Å². The molecule has 0 saturated carbocycles. The van der Waals surface area contributed by atoms with Crippen molar-refractivity contribution in [2.75, 3.05) is 65.8 Å². The third-order valence-electron chi connectivity index (χ3n) is 5.48. The Bertz CT molecular complexity index is 647. The second-order valence-corrected chi connectivity index (χ2v) is 7.18. The molecule has 2 fully saturated rings.